The van der Waals surface area contributed by atoms with E-state index in [0.29, 0.717) is 12.1 Å². The number of hydrogen-bond donors (Lipinski definition) is 0. The number of benzene rings is 1. The summed E-state index contributed by atoms with van der Waals surface area (Å²) < 4.78 is 27.4. The number of nitrogens with zero attached hydrogens (tertiary/aromatic N) is 2. The van der Waals surface area contributed by atoms with Gasteiger partial charge in [-0.05, 0) is 13.0 Å². The maximum atomic E-state index is 13.8. The van der Waals surface area contributed by atoms with Crippen LogP contribution in [0.5, 0.6) is 0 Å². The van der Waals surface area contributed by atoms with Crippen LogP contribution in [0.25, 0.3) is 0 Å². The van der Waals surface area contributed by atoms with Crippen LogP contribution < -0.4 is 0 Å². The second kappa shape index (κ2) is 6.03. The fourth-order valence-electron chi connectivity index (χ4n) is 1.55. The van der Waals surface area contributed by atoms with Gasteiger partial charge in [-0.1, -0.05) is 6.08 Å². The minimum absolute atomic E-state index is 0.0942. The normalized spacial score (nSPS) is 10.1. The molecular formula is C12H12F2N2O3. The van der Waals surface area contributed by atoms with E-state index in [0.717, 1.165) is 4.90 Å². The lowest BCUT2D eigenvalue weighted by Gasteiger charge is -2.19. The molecule has 0 atom stereocenters. The van der Waals surface area contributed by atoms with Gasteiger partial charge in [0.2, 0.25) is 5.82 Å². The zero-order valence-electron chi connectivity index (χ0n) is 10.2. The first-order valence-electron chi connectivity index (χ1n) is 5.46. The summed E-state index contributed by atoms with van der Waals surface area (Å²) in [4.78, 5) is 22.7. The number of amides is 1. The Labute approximate surface area is 108 Å². The molecule has 0 fully saturated rings. The first kappa shape index (κ1) is 14.7. The number of nitro benzene ring substituents is 1. The monoisotopic (exact) mass is 270 g/mol. The van der Waals surface area contributed by atoms with Crippen LogP contribution in [0.3, 0.4) is 0 Å². The van der Waals surface area contributed by atoms with Crippen molar-refractivity contribution in [2.75, 3.05) is 13.1 Å². The highest BCUT2D eigenvalue weighted by atomic mass is 19.1. The first-order chi connectivity index (χ1) is 8.93. The van der Waals surface area contributed by atoms with Crippen molar-refractivity contribution in [1.82, 2.24) is 4.90 Å². The maximum absolute atomic E-state index is 13.8. The molecule has 0 heterocycles. The molecule has 0 aliphatic rings. The number of hydrogen-bond acceptors (Lipinski definition) is 3. The maximum Gasteiger partial charge on any atom is 0.305 e. The molecule has 102 valence electrons. The van der Waals surface area contributed by atoms with Crippen LogP contribution in [0, 0.1) is 21.7 Å². The average molecular weight is 270 g/mol. The van der Waals surface area contributed by atoms with Crippen molar-refractivity contribution in [1.29, 1.82) is 0 Å². The van der Waals surface area contributed by atoms with Crippen molar-refractivity contribution in [3.05, 3.63) is 52.1 Å². The van der Waals surface area contributed by atoms with Crippen molar-refractivity contribution in [2.24, 2.45) is 0 Å². The zero-order chi connectivity index (χ0) is 14.6. The number of rotatable bonds is 5. The topological polar surface area (TPSA) is 63.5 Å². The summed E-state index contributed by atoms with van der Waals surface area (Å²) in [7, 11) is 0. The molecular weight excluding hydrogens is 258 g/mol. The predicted molar refractivity (Wildman–Crippen MR) is 64.8 cm³/mol. The molecule has 1 aromatic rings. The highest BCUT2D eigenvalue weighted by Crippen LogP contribution is 2.24. The molecule has 0 aliphatic heterocycles. The SMILES string of the molecule is C=CCN(CC)C(=O)c1c(F)ccc([N+](=O)[O-])c1F. The van der Waals surface area contributed by atoms with Gasteiger partial charge in [0, 0.05) is 19.2 Å². The minimum Gasteiger partial charge on any atom is -0.335 e. The number of nitro groups is 1. The molecule has 0 bridgehead atoms. The van der Waals surface area contributed by atoms with Crippen LogP contribution in [0.15, 0.2) is 24.8 Å². The van der Waals surface area contributed by atoms with Crippen LogP contribution in [-0.4, -0.2) is 28.8 Å². The van der Waals surface area contributed by atoms with E-state index in [1.54, 1.807) is 6.92 Å². The smallest absolute Gasteiger partial charge is 0.305 e. The molecule has 0 N–H and O–H groups in total. The van der Waals surface area contributed by atoms with E-state index in [1.165, 1.54) is 6.08 Å². The lowest BCUT2D eigenvalue weighted by molar-refractivity contribution is -0.387. The Bertz CT molecular complexity index is 532. The zero-order valence-corrected chi connectivity index (χ0v) is 10.2. The highest BCUT2D eigenvalue weighted by Gasteiger charge is 2.28. The van der Waals surface area contributed by atoms with Gasteiger partial charge in [0.1, 0.15) is 11.4 Å². The quantitative estimate of drug-likeness (QED) is 0.469. The van der Waals surface area contributed by atoms with E-state index < -0.39 is 33.7 Å². The van der Waals surface area contributed by atoms with Crippen LogP contribution in [-0.2, 0) is 0 Å². The minimum atomic E-state index is -1.46. The average Bonchev–Trinajstić information content (AvgIpc) is 2.35. The van der Waals surface area contributed by atoms with E-state index in [9.17, 15) is 23.7 Å². The van der Waals surface area contributed by atoms with E-state index in [-0.39, 0.29) is 13.1 Å². The Kier molecular flexibility index (Phi) is 4.68. The van der Waals surface area contributed by atoms with Gasteiger partial charge in [-0.25, -0.2) is 4.39 Å². The fourth-order valence-corrected chi connectivity index (χ4v) is 1.55. The lowest BCUT2D eigenvalue weighted by Crippen LogP contribution is -2.32. The van der Waals surface area contributed by atoms with E-state index in [2.05, 4.69) is 6.58 Å². The summed E-state index contributed by atoms with van der Waals surface area (Å²) in [6, 6.07) is 1.39. The molecule has 0 spiro atoms. The first-order valence-corrected chi connectivity index (χ1v) is 5.46. The highest BCUT2D eigenvalue weighted by molar-refractivity contribution is 5.95. The molecule has 7 heteroatoms. The summed E-state index contributed by atoms with van der Waals surface area (Å²) >= 11 is 0. The van der Waals surface area contributed by atoms with E-state index in [4.69, 9.17) is 0 Å². The second-order valence-corrected chi connectivity index (χ2v) is 3.65. The molecule has 0 saturated heterocycles. The number of carbonyl (C=O) groups is 1. The molecule has 1 rings (SSSR count). The van der Waals surface area contributed by atoms with Gasteiger partial charge in [-0.15, -0.1) is 6.58 Å². The molecule has 1 aromatic carbocycles. The molecule has 0 saturated carbocycles. The van der Waals surface area contributed by atoms with Crippen LogP contribution in [0.1, 0.15) is 17.3 Å². The second-order valence-electron chi connectivity index (χ2n) is 3.65. The van der Waals surface area contributed by atoms with Crippen molar-refractivity contribution in [3.8, 4) is 0 Å². The number of likely N-dealkylation sites (N-methyl/N-ethyl adjacent to an activating group) is 1. The lowest BCUT2D eigenvalue weighted by atomic mass is 10.1. The molecule has 5 nitrogen and oxygen atoms in total. The van der Waals surface area contributed by atoms with Gasteiger partial charge in [-0.2, -0.15) is 4.39 Å². The molecule has 19 heavy (non-hydrogen) atoms. The fraction of sp³-hybridized carbons (Fsp3) is 0.250. The van der Waals surface area contributed by atoms with E-state index in [1.807, 2.05) is 0 Å². The summed E-state index contributed by atoms with van der Waals surface area (Å²) in [6.45, 7) is 5.34. The number of carbonyl (C=O) groups excluding carboxylic acids is 1. The van der Waals surface area contributed by atoms with Crippen molar-refractivity contribution in [2.45, 2.75) is 6.92 Å². The molecule has 0 radical (unpaired) electrons. The van der Waals surface area contributed by atoms with Crippen molar-refractivity contribution in [3.63, 3.8) is 0 Å². The number of halogens is 2. The third kappa shape index (κ3) is 2.93. The Morgan fingerprint density at radius 2 is 2.16 bits per heavy atom. The van der Waals surface area contributed by atoms with Gasteiger partial charge in [0.25, 0.3) is 5.91 Å². The van der Waals surface area contributed by atoms with Gasteiger partial charge < -0.3 is 4.90 Å². The standard InChI is InChI=1S/C12H12F2N2O3/c1-3-7-15(4-2)12(17)10-8(13)5-6-9(11(10)14)16(18)19/h3,5-6H,1,4,7H2,2H3. The van der Waals surface area contributed by atoms with Crippen molar-refractivity contribution >= 4 is 11.6 Å². The van der Waals surface area contributed by atoms with Crippen LogP contribution in [0.2, 0.25) is 0 Å². The summed E-state index contributed by atoms with van der Waals surface area (Å²) in [5.41, 5.74) is -1.85. The Morgan fingerprint density at radius 1 is 1.53 bits per heavy atom. The largest absolute Gasteiger partial charge is 0.335 e. The Morgan fingerprint density at radius 3 is 2.63 bits per heavy atom. The van der Waals surface area contributed by atoms with Gasteiger partial charge in [-0.3, -0.25) is 14.9 Å². The van der Waals surface area contributed by atoms with Crippen LogP contribution >= 0.6 is 0 Å². The Hall–Kier alpha value is -2.31. The van der Waals surface area contributed by atoms with Crippen molar-refractivity contribution < 1.29 is 18.5 Å². The predicted octanol–water partition coefficient (Wildman–Crippen LogP) is 2.52. The summed E-state index contributed by atoms with van der Waals surface area (Å²) in [6.07, 6.45) is 1.40. The summed E-state index contributed by atoms with van der Waals surface area (Å²) in [5, 5.41) is 10.6. The van der Waals surface area contributed by atoms with Gasteiger partial charge in [0.05, 0.1) is 4.92 Å². The third-order valence-electron chi connectivity index (χ3n) is 2.50. The molecule has 0 unspecified atom stereocenters. The summed E-state index contributed by atoms with van der Waals surface area (Å²) in [5.74, 6) is -3.53. The van der Waals surface area contributed by atoms with Gasteiger partial charge in [0.15, 0.2) is 0 Å². The molecule has 0 aliphatic carbocycles. The van der Waals surface area contributed by atoms with Crippen LogP contribution in [0.4, 0.5) is 14.5 Å². The van der Waals surface area contributed by atoms with Gasteiger partial charge >= 0.3 is 5.69 Å². The molecule has 1 amide bonds. The van der Waals surface area contributed by atoms with E-state index >= 15 is 0 Å². The molecule has 0 aromatic heterocycles. The third-order valence-corrected chi connectivity index (χ3v) is 2.50. The Balaban J connectivity index is 3.32.